The molecule has 0 aromatic rings. The summed E-state index contributed by atoms with van der Waals surface area (Å²) >= 11 is 0. The van der Waals surface area contributed by atoms with Gasteiger partial charge in [-0.15, -0.1) is 0 Å². The predicted octanol–water partition coefficient (Wildman–Crippen LogP) is 2.39. The van der Waals surface area contributed by atoms with Crippen molar-refractivity contribution in [3.8, 4) is 0 Å². The molecule has 0 unspecified atom stereocenters. The average molecular weight is 268 g/mol. The maximum Gasteiger partial charge on any atom is 0.0558 e. The Kier molecular flexibility index (Phi) is 6.11. The Balaban J connectivity index is 1.99. The molecular weight excluding hydrogens is 236 g/mol. The van der Waals surface area contributed by atoms with Crippen LogP contribution in [0.3, 0.4) is 0 Å². The van der Waals surface area contributed by atoms with E-state index >= 15 is 0 Å². The first kappa shape index (κ1) is 15.3. The molecule has 0 bridgehead atoms. The van der Waals surface area contributed by atoms with Crippen LogP contribution >= 0.6 is 0 Å². The molecule has 2 fully saturated rings. The molecule has 2 rings (SSSR count). The minimum absolute atomic E-state index is 0.312. The summed E-state index contributed by atoms with van der Waals surface area (Å²) in [6, 6.07) is 0.754. The highest BCUT2D eigenvalue weighted by Gasteiger charge is 2.35. The summed E-state index contributed by atoms with van der Waals surface area (Å²) in [6.07, 6.45) is 12.4. The summed E-state index contributed by atoms with van der Waals surface area (Å²) < 4.78 is 0. The first-order chi connectivity index (χ1) is 9.29. The standard InChI is InChI=1S/C16H32N2O/c1-17-13-16(9-4-2-3-5-10-16)14-18(11-12-19)15-7-6-8-15/h15,17,19H,2-14H2,1H3. The molecule has 0 heterocycles. The van der Waals surface area contributed by atoms with Crippen LogP contribution in [0.4, 0.5) is 0 Å². The third kappa shape index (κ3) is 4.17. The van der Waals surface area contributed by atoms with Crippen LogP contribution in [-0.4, -0.2) is 49.3 Å². The molecule has 2 aliphatic carbocycles. The van der Waals surface area contributed by atoms with Crippen molar-refractivity contribution in [1.82, 2.24) is 10.2 Å². The van der Waals surface area contributed by atoms with Crippen molar-refractivity contribution < 1.29 is 5.11 Å². The number of hydrogen-bond donors (Lipinski definition) is 2. The molecule has 0 spiro atoms. The van der Waals surface area contributed by atoms with Crippen LogP contribution in [0, 0.1) is 5.41 Å². The second-order valence-electron chi connectivity index (χ2n) is 6.72. The van der Waals surface area contributed by atoms with E-state index in [0.29, 0.717) is 12.0 Å². The van der Waals surface area contributed by atoms with E-state index in [2.05, 4.69) is 17.3 Å². The zero-order chi connectivity index (χ0) is 13.6. The van der Waals surface area contributed by atoms with Crippen molar-refractivity contribution in [2.75, 3.05) is 33.3 Å². The molecule has 0 aliphatic heterocycles. The molecule has 0 amide bonds. The first-order valence-corrected chi connectivity index (χ1v) is 8.29. The fourth-order valence-corrected chi connectivity index (χ4v) is 3.95. The van der Waals surface area contributed by atoms with Crippen LogP contribution in [0.15, 0.2) is 0 Å². The minimum Gasteiger partial charge on any atom is -0.395 e. The topological polar surface area (TPSA) is 35.5 Å². The largest absolute Gasteiger partial charge is 0.395 e. The van der Waals surface area contributed by atoms with Gasteiger partial charge in [-0.1, -0.05) is 32.1 Å². The third-order valence-corrected chi connectivity index (χ3v) is 5.23. The van der Waals surface area contributed by atoms with Crippen molar-refractivity contribution >= 4 is 0 Å². The highest BCUT2D eigenvalue weighted by atomic mass is 16.3. The third-order valence-electron chi connectivity index (χ3n) is 5.23. The first-order valence-electron chi connectivity index (χ1n) is 8.29. The van der Waals surface area contributed by atoms with E-state index in [-0.39, 0.29) is 0 Å². The van der Waals surface area contributed by atoms with Crippen molar-refractivity contribution in [2.24, 2.45) is 5.41 Å². The lowest BCUT2D eigenvalue weighted by atomic mass is 9.78. The number of aliphatic hydroxyl groups is 1. The Labute approximate surface area is 118 Å². The molecular formula is C16H32N2O. The Morgan fingerprint density at radius 2 is 1.79 bits per heavy atom. The highest BCUT2D eigenvalue weighted by Crippen LogP contribution is 2.37. The summed E-state index contributed by atoms with van der Waals surface area (Å²) in [5.41, 5.74) is 0.454. The van der Waals surface area contributed by atoms with E-state index in [9.17, 15) is 5.11 Å². The Bertz CT molecular complexity index is 245. The van der Waals surface area contributed by atoms with Gasteiger partial charge in [0.15, 0.2) is 0 Å². The molecule has 3 nitrogen and oxygen atoms in total. The SMILES string of the molecule is CNCC1(CN(CCO)C2CCC2)CCCCCC1. The van der Waals surface area contributed by atoms with Crippen LogP contribution in [0.5, 0.6) is 0 Å². The van der Waals surface area contributed by atoms with E-state index in [1.807, 2.05) is 0 Å². The van der Waals surface area contributed by atoms with Gasteiger partial charge in [0.05, 0.1) is 6.61 Å². The average Bonchev–Trinajstić information content (AvgIpc) is 2.53. The lowest BCUT2D eigenvalue weighted by Gasteiger charge is -2.44. The van der Waals surface area contributed by atoms with Gasteiger partial charge in [-0.2, -0.15) is 0 Å². The molecule has 112 valence electrons. The Hall–Kier alpha value is -0.120. The van der Waals surface area contributed by atoms with Crippen LogP contribution in [0.2, 0.25) is 0 Å². The van der Waals surface area contributed by atoms with Crippen LogP contribution < -0.4 is 5.32 Å². The lowest BCUT2D eigenvalue weighted by Crippen LogP contribution is -2.50. The van der Waals surface area contributed by atoms with Gasteiger partial charge in [0, 0.05) is 25.7 Å². The molecule has 0 saturated heterocycles. The maximum absolute atomic E-state index is 9.35. The molecule has 0 aromatic carbocycles. The van der Waals surface area contributed by atoms with Crippen molar-refractivity contribution in [3.63, 3.8) is 0 Å². The van der Waals surface area contributed by atoms with Gasteiger partial charge in [-0.3, -0.25) is 4.90 Å². The summed E-state index contributed by atoms with van der Waals surface area (Å²) in [5.74, 6) is 0. The summed E-state index contributed by atoms with van der Waals surface area (Å²) in [6.45, 7) is 3.52. The highest BCUT2D eigenvalue weighted by molar-refractivity contribution is 4.90. The molecule has 3 heteroatoms. The van der Waals surface area contributed by atoms with E-state index in [0.717, 1.165) is 19.1 Å². The second-order valence-corrected chi connectivity index (χ2v) is 6.72. The summed E-state index contributed by atoms with van der Waals surface area (Å²) in [5, 5.41) is 12.8. The molecule has 2 saturated carbocycles. The number of nitrogens with zero attached hydrogens (tertiary/aromatic N) is 1. The van der Waals surface area contributed by atoms with Crippen LogP contribution in [0.1, 0.15) is 57.8 Å². The molecule has 2 aliphatic rings. The Morgan fingerprint density at radius 3 is 2.26 bits per heavy atom. The monoisotopic (exact) mass is 268 g/mol. The van der Waals surface area contributed by atoms with Crippen molar-refractivity contribution in [2.45, 2.75) is 63.8 Å². The summed E-state index contributed by atoms with van der Waals surface area (Å²) in [7, 11) is 2.09. The summed E-state index contributed by atoms with van der Waals surface area (Å²) in [4.78, 5) is 2.59. The van der Waals surface area contributed by atoms with E-state index in [4.69, 9.17) is 0 Å². The van der Waals surface area contributed by atoms with Crippen LogP contribution in [-0.2, 0) is 0 Å². The van der Waals surface area contributed by atoms with E-state index in [1.165, 1.54) is 64.3 Å². The normalized spacial score (nSPS) is 24.2. The molecule has 0 radical (unpaired) electrons. The second kappa shape index (κ2) is 7.61. The number of rotatable bonds is 7. The fraction of sp³-hybridized carbons (Fsp3) is 1.00. The van der Waals surface area contributed by atoms with Gasteiger partial charge in [0.25, 0.3) is 0 Å². The number of aliphatic hydroxyl groups excluding tert-OH is 1. The number of hydrogen-bond acceptors (Lipinski definition) is 3. The maximum atomic E-state index is 9.35. The Morgan fingerprint density at radius 1 is 1.11 bits per heavy atom. The quantitative estimate of drug-likeness (QED) is 0.696. The number of nitrogens with one attached hydrogen (secondary N) is 1. The minimum atomic E-state index is 0.312. The predicted molar refractivity (Wildman–Crippen MR) is 80.4 cm³/mol. The smallest absolute Gasteiger partial charge is 0.0558 e. The van der Waals surface area contributed by atoms with Gasteiger partial charge in [-0.25, -0.2) is 0 Å². The lowest BCUT2D eigenvalue weighted by molar-refractivity contribution is 0.0457. The van der Waals surface area contributed by atoms with E-state index < -0.39 is 0 Å². The zero-order valence-electron chi connectivity index (χ0n) is 12.7. The molecule has 0 atom stereocenters. The van der Waals surface area contributed by atoms with Gasteiger partial charge >= 0.3 is 0 Å². The van der Waals surface area contributed by atoms with Gasteiger partial charge in [0.2, 0.25) is 0 Å². The van der Waals surface area contributed by atoms with E-state index in [1.54, 1.807) is 0 Å². The fourth-order valence-electron chi connectivity index (χ4n) is 3.95. The van der Waals surface area contributed by atoms with Crippen LogP contribution in [0.25, 0.3) is 0 Å². The van der Waals surface area contributed by atoms with Gasteiger partial charge < -0.3 is 10.4 Å². The molecule has 0 aromatic heterocycles. The zero-order valence-corrected chi connectivity index (χ0v) is 12.7. The molecule has 2 N–H and O–H groups in total. The van der Waals surface area contributed by atoms with Gasteiger partial charge in [0.1, 0.15) is 0 Å². The molecule has 19 heavy (non-hydrogen) atoms. The van der Waals surface area contributed by atoms with Gasteiger partial charge in [-0.05, 0) is 38.1 Å². The van der Waals surface area contributed by atoms with Crippen molar-refractivity contribution in [3.05, 3.63) is 0 Å². The van der Waals surface area contributed by atoms with Crippen molar-refractivity contribution in [1.29, 1.82) is 0 Å².